The first-order valence-corrected chi connectivity index (χ1v) is 9.66. The van der Waals surface area contributed by atoms with Crippen LogP contribution in [0.4, 0.5) is 0 Å². The zero-order chi connectivity index (χ0) is 20.2. The minimum atomic E-state index is -0.369. The Bertz CT molecular complexity index is 438. The molecular formula is C21H38O6. The summed E-state index contributed by atoms with van der Waals surface area (Å²) in [6, 6.07) is 0. The first kappa shape index (κ1) is 24.3. The van der Waals surface area contributed by atoms with Crippen LogP contribution in [0.3, 0.4) is 0 Å². The third kappa shape index (κ3) is 7.64. The molecule has 158 valence electrons. The summed E-state index contributed by atoms with van der Waals surface area (Å²) >= 11 is 0. The maximum Gasteiger partial charge on any atom is 0.177 e. The fourth-order valence-electron chi connectivity index (χ4n) is 3.65. The quantitative estimate of drug-likeness (QED) is 0.356. The van der Waals surface area contributed by atoms with Gasteiger partial charge in [0.25, 0.3) is 0 Å². The van der Waals surface area contributed by atoms with Crippen LogP contribution in [-0.4, -0.2) is 65.9 Å². The van der Waals surface area contributed by atoms with Crippen molar-refractivity contribution >= 4 is 0 Å². The van der Waals surface area contributed by atoms with E-state index >= 15 is 0 Å². The van der Waals surface area contributed by atoms with Crippen molar-refractivity contribution in [3.8, 4) is 0 Å². The van der Waals surface area contributed by atoms with Crippen LogP contribution in [0.1, 0.15) is 33.6 Å². The number of allylic oxidation sites excluding steroid dienone is 2. The zero-order valence-electron chi connectivity index (χ0n) is 17.9. The molecule has 0 spiro atoms. The van der Waals surface area contributed by atoms with E-state index in [9.17, 15) is 0 Å². The van der Waals surface area contributed by atoms with Crippen molar-refractivity contribution < 1.29 is 28.4 Å². The summed E-state index contributed by atoms with van der Waals surface area (Å²) in [5, 5.41) is 0. The minimum absolute atomic E-state index is 0.0569. The molecule has 0 fully saturated rings. The monoisotopic (exact) mass is 386 g/mol. The Kier molecular flexibility index (Phi) is 12.1. The number of rotatable bonds is 13. The van der Waals surface area contributed by atoms with E-state index in [1.165, 1.54) is 0 Å². The molecule has 0 unspecified atom stereocenters. The summed E-state index contributed by atoms with van der Waals surface area (Å²) in [6.07, 6.45) is 9.00. The second-order valence-electron chi connectivity index (χ2n) is 7.05. The van der Waals surface area contributed by atoms with Crippen molar-refractivity contribution in [3.05, 3.63) is 24.3 Å². The van der Waals surface area contributed by atoms with Gasteiger partial charge in [-0.1, -0.05) is 32.1 Å². The van der Waals surface area contributed by atoms with Gasteiger partial charge in [-0.05, 0) is 25.3 Å². The number of hydrogen-bond acceptors (Lipinski definition) is 6. The van der Waals surface area contributed by atoms with Crippen LogP contribution in [0, 0.1) is 11.8 Å². The molecule has 7 atom stereocenters. The van der Waals surface area contributed by atoms with Gasteiger partial charge in [-0.25, -0.2) is 0 Å². The maximum absolute atomic E-state index is 6.03. The molecule has 0 aromatic rings. The summed E-state index contributed by atoms with van der Waals surface area (Å²) < 4.78 is 34.0. The molecule has 1 aliphatic heterocycles. The van der Waals surface area contributed by atoms with Crippen molar-refractivity contribution in [3.63, 3.8) is 0 Å². The van der Waals surface area contributed by atoms with E-state index in [0.29, 0.717) is 12.3 Å². The van der Waals surface area contributed by atoms with Crippen molar-refractivity contribution in [2.45, 2.75) is 64.3 Å². The Morgan fingerprint density at radius 1 is 1.07 bits per heavy atom. The lowest BCUT2D eigenvalue weighted by Crippen LogP contribution is -2.44. The lowest BCUT2D eigenvalue weighted by atomic mass is 9.84. The van der Waals surface area contributed by atoms with Crippen LogP contribution in [-0.2, 0) is 28.4 Å². The highest BCUT2D eigenvalue weighted by Gasteiger charge is 2.36. The highest BCUT2D eigenvalue weighted by molar-refractivity contribution is 5.01. The SMILES string of the molecule is C/C=C/C[C@H](C)[C@@H](OC)[C@@H](C)[C@@H](C[C@H]1O[C@H](OC)C=C[C@H]1OC)OCOC. The second kappa shape index (κ2) is 13.4. The molecule has 0 radical (unpaired) electrons. The molecule has 0 aliphatic carbocycles. The van der Waals surface area contributed by atoms with Gasteiger partial charge in [0.2, 0.25) is 0 Å². The van der Waals surface area contributed by atoms with Gasteiger partial charge in [0.05, 0.1) is 18.3 Å². The fraction of sp³-hybridized carbons (Fsp3) is 0.810. The van der Waals surface area contributed by atoms with Crippen molar-refractivity contribution in [2.75, 3.05) is 35.2 Å². The lowest BCUT2D eigenvalue weighted by Gasteiger charge is -2.37. The average molecular weight is 387 g/mol. The van der Waals surface area contributed by atoms with Crippen molar-refractivity contribution in [2.24, 2.45) is 11.8 Å². The third-order valence-electron chi connectivity index (χ3n) is 5.18. The smallest absolute Gasteiger partial charge is 0.177 e. The third-order valence-corrected chi connectivity index (χ3v) is 5.18. The van der Waals surface area contributed by atoms with Crippen LogP contribution in [0.15, 0.2) is 24.3 Å². The van der Waals surface area contributed by atoms with E-state index < -0.39 is 0 Å². The summed E-state index contributed by atoms with van der Waals surface area (Å²) in [5.74, 6) is 0.519. The van der Waals surface area contributed by atoms with Gasteiger partial charge in [-0.3, -0.25) is 0 Å². The van der Waals surface area contributed by atoms with Gasteiger partial charge >= 0.3 is 0 Å². The maximum atomic E-state index is 6.03. The normalized spacial score (nSPS) is 27.6. The van der Waals surface area contributed by atoms with Crippen LogP contribution in [0.2, 0.25) is 0 Å². The van der Waals surface area contributed by atoms with Gasteiger partial charge in [0.1, 0.15) is 12.9 Å². The lowest BCUT2D eigenvalue weighted by molar-refractivity contribution is -0.187. The predicted molar refractivity (Wildman–Crippen MR) is 106 cm³/mol. The standard InChI is InChI=1S/C21H38O6/c1-8-9-10-15(2)21(25-7)16(3)18(26-14-22-4)13-19-17(23-5)11-12-20(24-6)27-19/h8-9,11-12,15-21H,10,13-14H2,1-7H3/b9-8+/t15-,16-,17+,18+,19+,20-,21+/m0/s1. The molecule has 0 saturated carbocycles. The van der Waals surface area contributed by atoms with Gasteiger partial charge in [-0.2, -0.15) is 0 Å². The van der Waals surface area contributed by atoms with E-state index in [2.05, 4.69) is 26.0 Å². The van der Waals surface area contributed by atoms with Crippen LogP contribution in [0.25, 0.3) is 0 Å². The zero-order valence-corrected chi connectivity index (χ0v) is 17.9. The Labute approximate surface area is 164 Å². The summed E-state index contributed by atoms with van der Waals surface area (Å²) in [5.41, 5.74) is 0. The topological polar surface area (TPSA) is 55.4 Å². The molecule has 6 heteroatoms. The van der Waals surface area contributed by atoms with Crippen LogP contribution < -0.4 is 0 Å². The highest BCUT2D eigenvalue weighted by Crippen LogP contribution is 2.29. The molecule has 0 aromatic carbocycles. The Hall–Kier alpha value is -0.760. The van der Waals surface area contributed by atoms with E-state index in [-0.39, 0.29) is 43.4 Å². The van der Waals surface area contributed by atoms with Crippen molar-refractivity contribution in [1.82, 2.24) is 0 Å². The first-order valence-electron chi connectivity index (χ1n) is 9.66. The molecule has 0 bridgehead atoms. The minimum Gasteiger partial charge on any atom is -0.381 e. The van der Waals surface area contributed by atoms with Gasteiger partial charge in [-0.15, -0.1) is 0 Å². The van der Waals surface area contributed by atoms with Gasteiger partial charge in [0, 0.05) is 40.8 Å². The average Bonchev–Trinajstić information content (AvgIpc) is 2.69. The molecule has 0 saturated heterocycles. The number of hydrogen-bond donors (Lipinski definition) is 0. The van der Waals surface area contributed by atoms with Crippen LogP contribution >= 0.6 is 0 Å². The van der Waals surface area contributed by atoms with E-state index in [0.717, 1.165) is 6.42 Å². The summed E-state index contributed by atoms with van der Waals surface area (Å²) in [6.45, 7) is 6.63. The second-order valence-corrected chi connectivity index (χ2v) is 7.05. The molecule has 0 aromatic heterocycles. The molecule has 6 nitrogen and oxygen atoms in total. The number of methoxy groups -OCH3 is 4. The predicted octanol–water partition coefficient (Wildman–Crippen LogP) is 3.56. The first-order chi connectivity index (χ1) is 13.0. The fourth-order valence-corrected chi connectivity index (χ4v) is 3.65. The molecule has 1 rings (SSSR count). The highest BCUT2D eigenvalue weighted by atomic mass is 16.7. The molecule has 0 amide bonds. The van der Waals surface area contributed by atoms with Gasteiger partial charge in [0.15, 0.2) is 6.29 Å². The molecule has 1 aliphatic rings. The summed E-state index contributed by atoms with van der Waals surface area (Å²) in [4.78, 5) is 0. The van der Waals surface area contributed by atoms with E-state index in [1.54, 1.807) is 28.4 Å². The van der Waals surface area contributed by atoms with E-state index in [4.69, 9.17) is 28.4 Å². The largest absolute Gasteiger partial charge is 0.381 e. The Morgan fingerprint density at radius 2 is 1.81 bits per heavy atom. The van der Waals surface area contributed by atoms with Crippen molar-refractivity contribution in [1.29, 1.82) is 0 Å². The summed E-state index contributed by atoms with van der Waals surface area (Å²) in [7, 11) is 6.71. The Morgan fingerprint density at radius 3 is 2.37 bits per heavy atom. The van der Waals surface area contributed by atoms with Gasteiger partial charge < -0.3 is 28.4 Å². The molecule has 1 heterocycles. The molecule has 0 N–H and O–H groups in total. The molecule has 27 heavy (non-hydrogen) atoms. The van der Waals surface area contributed by atoms with E-state index in [1.807, 2.05) is 19.1 Å². The van der Waals surface area contributed by atoms with Crippen LogP contribution in [0.5, 0.6) is 0 Å². The molecular weight excluding hydrogens is 348 g/mol. The Balaban J connectivity index is 2.90. The number of ether oxygens (including phenoxy) is 6.